The topological polar surface area (TPSA) is 80.5 Å². The number of carbonyl (C=O) groups is 2. The maximum absolute atomic E-state index is 14.1. The Morgan fingerprint density at radius 3 is 1.55 bits per heavy atom. The fraction of sp³-hybridized carbons (Fsp3) is 0.375. The number of carbonyl (C=O) groups excluding carboxylic acids is 2. The van der Waals surface area contributed by atoms with Crippen LogP contribution in [0.1, 0.15) is 86.8 Å². The first-order chi connectivity index (χ1) is 17.8. The van der Waals surface area contributed by atoms with Gasteiger partial charge in [0.05, 0.1) is 16.8 Å². The van der Waals surface area contributed by atoms with Crippen LogP contribution in [0.4, 0.5) is 11.4 Å². The number of rotatable bonds is 2. The van der Waals surface area contributed by atoms with E-state index in [1.165, 1.54) is 23.3 Å². The van der Waals surface area contributed by atoms with Crippen LogP contribution in [0.25, 0.3) is 0 Å². The lowest BCUT2D eigenvalue weighted by Crippen LogP contribution is -2.42. The van der Waals surface area contributed by atoms with Crippen molar-refractivity contribution in [3.8, 4) is 0 Å². The number of benzene rings is 3. The van der Waals surface area contributed by atoms with Gasteiger partial charge in [-0.3, -0.25) is 19.7 Å². The molecule has 1 heterocycles. The lowest BCUT2D eigenvalue weighted by atomic mass is 9.54. The molecular weight excluding hydrogens is 476 g/mol. The summed E-state index contributed by atoms with van der Waals surface area (Å²) in [7, 11) is 0. The van der Waals surface area contributed by atoms with E-state index in [-0.39, 0.29) is 45.9 Å². The molecule has 0 unspecified atom stereocenters. The largest absolute Gasteiger partial charge is 0.293 e. The Bertz CT molecular complexity index is 1450. The van der Waals surface area contributed by atoms with E-state index in [2.05, 4.69) is 77.9 Å². The van der Waals surface area contributed by atoms with Gasteiger partial charge in [-0.15, -0.1) is 0 Å². The number of nitro benzene ring substituents is 1. The van der Waals surface area contributed by atoms with Gasteiger partial charge in [0.2, 0.25) is 11.8 Å². The third kappa shape index (κ3) is 3.32. The van der Waals surface area contributed by atoms with E-state index in [9.17, 15) is 19.7 Å². The molecule has 38 heavy (non-hydrogen) atoms. The van der Waals surface area contributed by atoms with E-state index in [0.717, 1.165) is 27.2 Å². The van der Waals surface area contributed by atoms with Crippen LogP contribution in [0, 0.1) is 22.0 Å². The molecule has 6 nitrogen and oxygen atoms in total. The molecule has 2 bridgehead atoms. The van der Waals surface area contributed by atoms with Gasteiger partial charge in [0.1, 0.15) is 5.69 Å². The molecule has 4 atom stereocenters. The Kier molecular flexibility index (Phi) is 5.07. The van der Waals surface area contributed by atoms with Gasteiger partial charge in [-0.2, -0.15) is 0 Å². The number of nitrogens with zero attached hydrogens (tertiary/aromatic N) is 2. The summed E-state index contributed by atoms with van der Waals surface area (Å²) >= 11 is 0. The van der Waals surface area contributed by atoms with E-state index in [0.29, 0.717) is 0 Å². The first-order valence-corrected chi connectivity index (χ1v) is 13.2. The molecule has 2 amide bonds. The monoisotopic (exact) mass is 508 g/mol. The van der Waals surface area contributed by atoms with Crippen molar-refractivity contribution in [2.75, 3.05) is 4.90 Å². The normalized spacial score (nSPS) is 23.8. The van der Waals surface area contributed by atoms with Crippen molar-refractivity contribution in [3.63, 3.8) is 0 Å². The number of para-hydroxylation sites is 2. The van der Waals surface area contributed by atoms with E-state index >= 15 is 0 Å². The highest BCUT2D eigenvalue weighted by molar-refractivity contribution is 6.24. The second kappa shape index (κ2) is 7.85. The summed E-state index contributed by atoms with van der Waals surface area (Å²) in [6, 6.07) is 19.0. The molecule has 3 aromatic rings. The minimum atomic E-state index is -0.594. The Morgan fingerprint density at radius 1 is 0.684 bits per heavy atom. The molecule has 1 fully saturated rings. The van der Waals surface area contributed by atoms with Crippen molar-refractivity contribution < 1.29 is 14.5 Å². The first-order valence-electron chi connectivity index (χ1n) is 13.2. The lowest BCUT2D eigenvalue weighted by molar-refractivity contribution is -0.384. The Balaban J connectivity index is 1.59. The van der Waals surface area contributed by atoms with Crippen LogP contribution in [-0.2, 0) is 20.4 Å². The number of imide groups is 1. The number of nitro groups is 1. The Hall–Kier alpha value is -3.80. The number of amides is 2. The van der Waals surface area contributed by atoms with Crippen LogP contribution >= 0.6 is 0 Å². The van der Waals surface area contributed by atoms with Crippen molar-refractivity contribution in [3.05, 3.63) is 104 Å². The van der Waals surface area contributed by atoms with Gasteiger partial charge in [-0.1, -0.05) is 90.1 Å². The smallest absolute Gasteiger partial charge is 0.274 e. The second-order valence-electron chi connectivity index (χ2n) is 13.0. The van der Waals surface area contributed by atoms with Crippen LogP contribution in [0.15, 0.2) is 60.7 Å². The van der Waals surface area contributed by atoms with E-state index in [4.69, 9.17) is 0 Å². The maximum Gasteiger partial charge on any atom is 0.293 e. The molecule has 1 saturated heterocycles. The fourth-order valence-electron chi connectivity index (χ4n) is 6.76. The number of anilines is 1. The quantitative estimate of drug-likeness (QED) is 0.222. The SMILES string of the molecule is CC(C)(C)c1ccc2c(c1)[C@H]1c3ccc(C(C)(C)C)cc3[C@H]2[C@H]2C(=O)N(c3ccccc3[N+](=O)[O-])C(=O)[C@H]12. The molecule has 0 spiro atoms. The van der Waals surface area contributed by atoms with Gasteiger partial charge in [0.25, 0.3) is 5.69 Å². The molecule has 0 aromatic heterocycles. The van der Waals surface area contributed by atoms with Crippen molar-refractivity contribution >= 4 is 23.2 Å². The summed E-state index contributed by atoms with van der Waals surface area (Å²) in [5.41, 5.74) is 6.42. The highest BCUT2D eigenvalue weighted by Crippen LogP contribution is 2.62. The van der Waals surface area contributed by atoms with Crippen LogP contribution in [0.3, 0.4) is 0 Å². The van der Waals surface area contributed by atoms with Crippen molar-refractivity contribution in [2.45, 2.75) is 64.2 Å². The molecule has 3 aromatic carbocycles. The standard InChI is InChI=1S/C32H32N2O4/c1-31(2,3)17-11-13-19-21(15-17)25-20-14-12-18(32(4,5)6)16-22(20)26(19)28-27(25)29(35)33(30(28)36)23-9-7-8-10-24(23)34(37)38/h7-16,25-28H,1-6H3/t25-,26+,27-,28-/m1/s1. The summed E-state index contributed by atoms with van der Waals surface area (Å²) in [5, 5.41) is 11.8. The Labute approximate surface area is 222 Å². The maximum atomic E-state index is 14.1. The van der Waals surface area contributed by atoms with Crippen LogP contribution in [0.2, 0.25) is 0 Å². The fourth-order valence-corrected chi connectivity index (χ4v) is 6.76. The average molecular weight is 509 g/mol. The highest BCUT2D eigenvalue weighted by atomic mass is 16.6. The number of hydrogen-bond acceptors (Lipinski definition) is 4. The van der Waals surface area contributed by atoms with Gasteiger partial charge in [0, 0.05) is 17.9 Å². The number of hydrogen-bond donors (Lipinski definition) is 0. The van der Waals surface area contributed by atoms with Crippen LogP contribution < -0.4 is 4.90 Å². The lowest BCUT2D eigenvalue weighted by Gasteiger charge is -2.47. The third-order valence-corrected chi connectivity index (χ3v) is 8.68. The van der Waals surface area contributed by atoms with Crippen LogP contribution in [-0.4, -0.2) is 16.7 Å². The second-order valence-corrected chi connectivity index (χ2v) is 13.0. The van der Waals surface area contributed by atoms with E-state index in [1.54, 1.807) is 12.1 Å². The molecule has 1 aliphatic heterocycles. The van der Waals surface area contributed by atoms with Crippen molar-refractivity contribution in [2.24, 2.45) is 11.8 Å². The minimum Gasteiger partial charge on any atom is -0.274 e. The van der Waals surface area contributed by atoms with Crippen molar-refractivity contribution in [1.82, 2.24) is 0 Å². The highest BCUT2D eigenvalue weighted by Gasteiger charge is 2.62. The first kappa shape index (κ1) is 24.5. The van der Waals surface area contributed by atoms with Gasteiger partial charge in [-0.05, 0) is 50.3 Å². The summed E-state index contributed by atoms with van der Waals surface area (Å²) in [5.74, 6) is -2.44. The Morgan fingerprint density at radius 2 is 1.13 bits per heavy atom. The summed E-state index contributed by atoms with van der Waals surface area (Å²) in [4.78, 5) is 40.6. The zero-order valence-electron chi connectivity index (χ0n) is 22.6. The summed E-state index contributed by atoms with van der Waals surface area (Å²) < 4.78 is 0. The minimum absolute atomic E-state index is 0.0557. The van der Waals surface area contributed by atoms with Gasteiger partial charge >= 0.3 is 0 Å². The van der Waals surface area contributed by atoms with Gasteiger partial charge in [-0.25, -0.2) is 4.90 Å². The molecular formula is C32H32N2O4. The zero-order chi connectivity index (χ0) is 27.3. The van der Waals surface area contributed by atoms with Crippen molar-refractivity contribution in [1.29, 1.82) is 0 Å². The third-order valence-electron chi connectivity index (χ3n) is 8.68. The molecule has 0 radical (unpaired) electrons. The molecule has 6 heteroatoms. The molecule has 7 rings (SSSR count). The van der Waals surface area contributed by atoms with E-state index in [1.807, 2.05) is 0 Å². The summed E-state index contributed by atoms with van der Waals surface area (Å²) in [6.07, 6.45) is 0. The predicted molar refractivity (Wildman–Crippen MR) is 147 cm³/mol. The molecule has 194 valence electrons. The molecule has 3 aliphatic carbocycles. The zero-order valence-corrected chi connectivity index (χ0v) is 22.6. The van der Waals surface area contributed by atoms with E-state index < -0.39 is 16.8 Å². The molecule has 0 saturated carbocycles. The van der Waals surface area contributed by atoms with Gasteiger partial charge in [0.15, 0.2) is 0 Å². The van der Waals surface area contributed by atoms with Crippen LogP contribution in [0.5, 0.6) is 0 Å². The van der Waals surface area contributed by atoms with Gasteiger partial charge < -0.3 is 0 Å². The summed E-state index contributed by atoms with van der Waals surface area (Å²) in [6.45, 7) is 13.0. The molecule has 4 aliphatic rings. The molecule has 0 N–H and O–H groups in total. The average Bonchev–Trinajstić information content (AvgIpc) is 3.12. The predicted octanol–water partition coefficient (Wildman–Crippen LogP) is 6.59.